The zero-order valence-electron chi connectivity index (χ0n) is 29.3. The van der Waals surface area contributed by atoms with Gasteiger partial charge >= 0.3 is 0 Å². The molecule has 0 bridgehead atoms. The number of nitrogens with two attached hydrogens (primary N) is 1. The largest absolute Gasteiger partial charge is 0.490 e. The monoisotopic (exact) mass is 753 g/mol. The maximum absolute atomic E-state index is 14.1. The average molecular weight is 754 g/mol. The third kappa shape index (κ3) is 7.91. The molecule has 276 valence electrons. The third-order valence-corrected chi connectivity index (χ3v) is 10.8. The van der Waals surface area contributed by atoms with Crippen LogP contribution >= 0.6 is 0 Å². The zero-order valence-corrected chi connectivity index (χ0v) is 30.9. The van der Waals surface area contributed by atoms with Crippen molar-refractivity contribution in [3.8, 4) is 22.9 Å². The summed E-state index contributed by atoms with van der Waals surface area (Å²) in [6, 6.07) is 15.5. The van der Waals surface area contributed by atoms with E-state index in [0.717, 1.165) is 6.26 Å². The number of nitrogen functional groups attached to an aromatic ring is 1. The Kier molecular flexibility index (Phi) is 10.1. The number of hydrogen-bond acceptors (Lipinski definition) is 10. The number of aromatic nitrogens is 3. The first-order chi connectivity index (χ1) is 24.5. The highest BCUT2D eigenvalue weighted by molar-refractivity contribution is 7.92. The number of aromatic amines is 1. The number of H-pyrrole nitrogens is 1. The standard InChI is InChI=1S/C35H40FN7O7S2/c1-21-14-25(50-32-9-7-6-8-27(32)36)10-11-31(21)42-35(37)26(18-38-42)34(44)30-15-24-16-33(29(17-28(24)39-30)40-51(4,45)46)49-13-12-41-19-22(2)43(23(3)20-41)52(5,47)48/h6-11,14-18,22-23,39-40H,12-13,19-20,37H2,1-5H3. The maximum Gasteiger partial charge on any atom is 0.229 e. The average Bonchev–Trinajstić information content (AvgIpc) is 3.63. The number of fused-ring (bicyclic) bond motifs is 1. The quantitative estimate of drug-likeness (QED) is 0.153. The molecule has 0 saturated carbocycles. The number of sulfonamides is 2. The molecule has 2 unspecified atom stereocenters. The normalized spacial score (nSPS) is 17.3. The molecule has 52 heavy (non-hydrogen) atoms. The highest BCUT2D eigenvalue weighted by Crippen LogP contribution is 2.33. The van der Waals surface area contributed by atoms with Gasteiger partial charge in [0.05, 0.1) is 41.3 Å². The summed E-state index contributed by atoms with van der Waals surface area (Å²) >= 11 is 0. The van der Waals surface area contributed by atoms with Gasteiger partial charge < -0.3 is 20.2 Å². The summed E-state index contributed by atoms with van der Waals surface area (Å²) in [5, 5.41) is 4.96. The van der Waals surface area contributed by atoms with Crippen molar-refractivity contribution in [2.24, 2.45) is 0 Å². The Morgan fingerprint density at radius 2 is 1.73 bits per heavy atom. The molecule has 17 heteroatoms. The molecule has 0 amide bonds. The van der Waals surface area contributed by atoms with Crippen LogP contribution in [0.2, 0.25) is 0 Å². The maximum atomic E-state index is 14.1. The Bertz CT molecular complexity index is 2370. The number of halogens is 1. The molecule has 0 spiro atoms. The van der Waals surface area contributed by atoms with Crippen LogP contribution in [0.15, 0.2) is 66.9 Å². The van der Waals surface area contributed by atoms with Crippen molar-refractivity contribution < 1.29 is 35.5 Å². The first-order valence-corrected chi connectivity index (χ1v) is 20.1. The van der Waals surface area contributed by atoms with Gasteiger partial charge in [0.2, 0.25) is 25.8 Å². The molecule has 2 atom stereocenters. The predicted octanol–water partition coefficient (Wildman–Crippen LogP) is 4.51. The van der Waals surface area contributed by atoms with E-state index in [1.54, 1.807) is 48.5 Å². The predicted molar refractivity (Wildman–Crippen MR) is 197 cm³/mol. The van der Waals surface area contributed by atoms with Crippen molar-refractivity contribution in [1.82, 2.24) is 24.0 Å². The van der Waals surface area contributed by atoms with Crippen LogP contribution in [0.3, 0.4) is 0 Å². The molecule has 1 aliphatic rings. The number of hydrogen-bond donors (Lipinski definition) is 3. The van der Waals surface area contributed by atoms with Crippen LogP contribution in [0.5, 0.6) is 17.2 Å². The van der Waals surface area contributed by atoms with E-state index in [1.807, 2.05) is 20.8 Å². The number of anilines is 2. The number of benzene rings is 3. The summed E-state index contributed by atoms with van der Waals surface area (Å²) in [7, 11) is -7.04. The molecule has 4 N–H and O–H groups in total. The Hall–Kier alpha value is -4.97. The van der Waals surface area contributed by atoms with Crippen LogP contribution in [0.4, 0.5) is 15.9 Å². The third-order valence-electron chi connectivity index (χ3n) is 8.73. The van der Waals surface area contributed by atoms with E-state index >= 15 is 0 Å². The Morgan fingerprint density at radius 1 is 1.02 bits per heavy atom. The Labute approximate surface area is 301 Å². The number of piperazine rings is 1. The number of ether oxygens (including phenoxy) is 2. The molecule has 1 saturated heterocycles. The van der Waals surface area contributed by atoms with E-state index in [-0.39, 0.29) is 53.0 Å². The van der Waals surface area contributed by atoms with Crippen molar-refractivity contribution >= 4 is 48.2 Å². The molecule has 3 heterocycles. The molecule has 5 aromatic rings. The van der Waals surface area contributed by atoms with Crippen molar-refractivity contribution in [2.75, 3.05) is 49.2 Å². The highest BCUT2D eigenvalue weighted by Gasteiger charge is 2.35. The zero-order chi connectivity index (χ0) is 37.5. The summed E-state index contributed by atoms with van der Waals surface area (Å²) in [5.41, 5.74) is 8.76. The number of ketones is 1. The molecule has 3 aromatic carbocycles. The SMILES string of the molecule is Cc1cc(Oc2ccccc2F)ccc1-n1ncc(C(=O)c2cc3cc(OCCN4CC(C)N(S(C)(=O)=O)C(C)C4)c(NS(C)(=O)=O)cc3[nH]2)c1N. The van der Waals surface area contributed by atoms with Crippen LogP contribution < -0.4 is 19.9 Å². The summed E-state index contributed by atoms with van der Waals surface area (Å²) in [4.78, 5) is 18.9. The lowest BCUT2D eigenvalue weighted by atomic mass is 10.1. The van der Waals surface area contributed by atoms with E-state index < -0.39 is 31.6 Å². The van der Waals surface area contributed by atoms with Gasteiger partial charge in [-0.25, -0.2) is 25.9 Å². The first kappa shape index (κ1) is 36.8. The minimum Gasteiger partial charge on any atom is -0.490 e. The van der Waals surface area contributed by atoms with Crippen LogP contribution in [0, 0.1) is 12.7 Å². The first-order valence-electron chi connectivity index (χ1n) is 16.4. The second-order valence-corrected chi connectivity index (χ2v) is 16.7. The van der Waals surface area contributed by atoms with Gasteiger partial charge in [-0.05, 0) is 74.9 Å². The molecular formula is C35H40FN7O7S2. The molecule has 2 aromatic heterocycles. The van der Waals surface area contributed by atoms with Gasteiger partial charge in [-0.2, -0.15) is 9.40 Å². The van der Waals surface area contributed by atoms with Crippen molar-refractivity contribution in [3.05, 3.63) is 89.5 Å². The summed E-state index contributed by atoms with van der Waals surface area (Å²) in [6.07, 6.45) is 3.61. The van der Waals surface area contributed by atoms with Gasteiger partial charge in [0.15, 0.2) is 11.6 Å². The topological polar surface area (TPSA) is 182 Å². The molecule has 1 aliphatic heterocycles. The highest BCUT2D eigenvalue weighted by atomic mass is 32.2. The fraction of sp³-hybridized carbons (Fsp3) is 0.314. The number of para-hydroxylation sites is 1. The minimum absolute atomic E-state index is 0.0870. The van der Waals surface area contributed by atoms with Crippen molar-refractivity contribution in [2.45, 2.75) is 32.9 Å². The van der Waals surface area contributed by atoms with Gasteiger partial charge in [0.25, 0.3) is 0 Å². The van der Waals surface area contributed by atoms with E-state index in [1.165, 1.54) is 33.6 Å². The van der Waals surface area contributed by atoms with Gasteiger partial charge in [-0.15, -0.1) is 0 Å². The number of nitrogens with zero attached hydrogens (tertiary/aromatic N) is 4. The summed E-state index contributed by atoms with van der Waals surface area (Å²) in [5.74, 6) is -0.0688. The van der Waals surface area contributed by atoms with Crippen LogP contribution in [-0.2, 0) is 20.0 Å². The molecule has 0 radical (unpaired) electrons. The molecule has 0 aliphatic carbocycles. The Balaban J connectivity index is 1.20. The lowest BCUT2D eigenvalue weighted by Gasteiger charge is -2.42. The van der Waals surface area contributed by atoms with E-state index in [9.17, 15) is 26.0 Å². The van der Waals surface area contributed by atoms with Gasteiger partial charge in [-0.3, -0.25) is 14.4 Å². The van der Waals surface area contributed by atoms with E-state index in [2.05, 4.69) is 19.7 Å². The second kappa shape index (κ2) is 14.2. The number of nitrogens with one attached hydrogen (secondary N) is 2. The summed E-state index contributed by atoms with van der Waals surface area (Å²) in [6.45, 7) is 7.25. The fourth-order valence-electron chi connectivity index (χ4n) is 6.67. The molecule has 6 rings (SSSR count). The molecule has 1 fully saturated rings. The lowest BCUT2D eigenvalue weighted by Crippen LogP contribution is -2.58. The minimum atomic E-state index is -3.69. The Morgan fingerprint density at radius 3 is 2.38 bits per heavy atom. The van der Waals surface area contributed by atoms with Crippen molar-refractivity contribution in [3.63, 3.8) is 0 Å². The van der Waals surface area contributed by atoms with E-state index in [0.29, 0.717) is 47.5 Å². The van der Waals surface area contributed by atoms with E-state index in [4.69, 9.17) is 15.2 Å². The van der Waals surface area contributed by atoms with Gasteiger partial charge in [-0.1, -0.05) is 12.1 Å². The smallest absolute Gasteiger partial charge is 0.229 e. The van der Waals surface area contributed by atoms with Gasteiger partial charge in [0, 0.05) is 42.6 Å². The summed E-state index contributed by atoms with van der Waals surface area (Å²) < 4.78 is 80.3. The van der Waals surface area contributed by atoms with Crippen LogP contribution in [0.1, 0.15) is 35.5 Å². The van der Waals surface area contributed by atoms with Gasteiger partial charge in [0.1, 0.15) is 23.9 Å². The second-order valence-electron chi connectivity index (χ2n) is 13.1. The fourth-order valence-corrected chi connectivity index (χ4v) is 8.67. The number of carbonyl (C=O) groups excluding carboxylic acids is 1. The number of carbonyl (C=O) groups is 1. The molecular weight excluding hydrogens is 714 g/mol. The number of rotatable bonds is 12. The lowest BCUT2D eigenvalue weighted by molar-refractivity contribution is 0.0898. The van der Waals surface area contributed by atoms with Crippen molar-refractivity contribution in [1.29, 1.82) is 0 Å². The van der Waals surface area contributed by atoms with Crippen LogP contribution in [-0.4, -0.2) is 97.4 Å². The van der Waals surface area contributed by atoms with Crippen LogP contribution in [0.25, 0.3) is 16.6 Å². The number of aryl methyl sites for hydroxylation is 1. The molecule has 14 nitrogen and oxygen atoms in total.